The number of nitrogens with two attached hydrogens (primary N) is 1. The van der Waals surface area contributed by atoms with Gasteiger partial charge in [-0.05, 0) is 24.1 Å². The first kappa shape index (κ1) is 13.5. The maximum absolute atomic E-state index is 12.0. The number of benzene rings is 1. The number of hydrogen-bond acceptors (Lipinski definition) is 3. The average molecular weight is 236 g/mol. The molecule has 1 aromatic rings. The zero-order chi connectivity index (χ0) is 12.8. The monoisotopic (exact) mass is 236 g/mol. The molecule has 4 nitrogen and oxygen atoms in total. The number of amides is 1. The molecule has 1 unspecified atom stereocenters. The van der Waals surface area contributed by atoms with Crippen LogP contribution in [0.1, 0.15) is 18.9 Å². The number of nitrogens with zero attached hydrogens (tertiary/aromatic N) is 1. The number of hydrogen-bond donors (Lipinski definition) is 2. The summed E-state index contributed by atoms with van der Waals surface area (Å²) in [5, 5.41) is 9.34. The van der Waals surface area contributed by atoms with E-state index in [4.69, 9.17) is 5.73 Å². The molecule has 1 aromatic carbocycles. The van der Waals surface area contributed by atoms with Crippen LogP contribution in [0, 0.1) is 5.92 Å². The van der Waals surface area contributed by atoms with Gasteiger partial charge in [0.25, 0.3) is 0 Å². The summed E-state index contributed by atoms with van der Waals surface area (Å²) < 4.78 is 0. The second-order valence-electron chi connectivity index (χ2n) is 4.21. The molecule has 0 saturated heterocycles. The molecule has 0 aromatic heterocycles. The van der Waals surface area contributed by atoms with Gasteiger partial charge < -0.3 is 15.7 Å². The molecule has 0 radical (unpaired) electrons. The van der Waals surface area contributed by atoms with Crippen LogP contribution in [0.4, 0.5) is 0 Å². The molecular weight excluding hydrogens is 216 g/mol. The van der Waals surface area contributed by atoms with E-state index in [9.17, 15) is 9.90 Å². The average Bonchev–Trinajstić information content (AvgIpc) is 2.30. The molecular formula is C13H20N2O2. The quantitative estimate of drug-likeness (QED) is 0.810. The molecule has 0 aliphatic rings. The van der Waals surface area contributed by atoms with Crippen molar-refractivity contribution in [2.24, 2.45) is 11.7 Å². The first-order valence-electron chi connectivity index (χ1n) is 5.81. The highest BCUT2D eigenvalue weighted by molar-refractivity contribution is 5.78. The normalized spacial score (nSPS) is 12.2. The lowest BCUT2D eigenvalue weighted by atomic mass is 10.1. The van der Waals surface area contributed by atoms with Crippen molar-refractivity contribution in [2.45, 2.75) is 19.9 Å². The summed E-state index contributed by atoms with van der Waals surface area (Å²) in [7, 11) is 1.75. The molecule has 0 saturated carbocycles. The lowest BCUT2D eigenvalue weighted by Gasteiger charge is -2.22. The molecule has 3 N–H and O–H groups in total. The van der Waals surface area contributed by atoms with Crippen molar-refractivity contribution in [2.75, 3.05) is 13.6 Å². The van der Waals surface area contributed by atoms with Gasteiger partial charge in [-0.3, -0.25) is 4.79 Å². The predicted octanol–water partition coefficient (Wildman–Crippen LogP) is 1.34. The van der Waals surface area contributed by atoms with Crippen LogP contribution in [0.2, 0.25) is 0 Å². The molecule has 0 aliphatic carbocycles. The van der Waals surface area contributed by atoms with Gasteiger partial charge in [0.1, 0.15) is 5.75 Å². The lowest BCUT2D eigenvalue weighted by Crippen LogP contribution is -2.35. The van der Waals surface area contributed by atoms with Crippen LogP contribution in [-0.2, 0) is 11.3 Å². The highest BCUT2D eigenvalue weighted by Gasteiger charge is 2.18. The van der Waals surface area contributed by atoms with Gasteiger partial charge in [0.15, 0.2) is 0 Å². The summed E-state index contributed by atoms with van der Waals surface area (Å²) in [4.78, 5) is 13.6. The lowest BCUT2D eigenvalue weighted by molar-refractivity contribution is -0.134. The Bertz CT molecular complexity index is 375. The number of rotatable bonds is 5. The minimum atomic E-state index is -0.114. The smallest absolute Gasteiger partial charge is 0.226 e. The second-order valence-corrected chi connectivity index (χ2v) is 4.21. The van der Waals surface area contributed by atoms with Gasteiger partial charge in [0, 0.05) is 20.1 Å². The molecule has 0 spiro atoms. The predicted molar refractivity (Wildman–Crippen MR) is 67.4 cm³/mol. The van der Waals surface area contributed by atoms with Gasteiger partial charge in [-0.25, -0.2) is 0 Å². The van der Waals surface area contributed by atoms with Crippen LogP contribution in [-0.4, -0.2) is 29.5 Å². The fourth-order valence-electron chi connectivity index (χ4n) is 1.76. The maximum Gasteiger partial charge on any atom is 0.226 e. The molecule has 1 rings (SSSR count). The fourth-order valence-corrected chi connectivity index (χ4v) is 1.76. The number of carbonyl (C=O) groups excluding carboxylic acids is 1. The number of phenolic OH excluding ortho intramolecular Hbond substituents is 1. The number of carbonyl (C=O) groups is 1. The summed E-state index contributed by atoms with van der Waals surface area (Å²) in [5.74, 6) is 0.157. The Morgan fingerprint density at radius 2 is 2.24 bits per heavy atom. The van der Waals surface area contributed by atoms with E-state index in [0.29, 0.717) is 13.1 Å². The van der Waals surface area contributed by atoms with Crippen molar-refractivity contribution in [3.05, 3.63) is 29.8 Å². The summed E-state index contributed by atoms with van der Waals surface area (Å²) in [5.41, 5.74) is 6.46. The second kappa shape index (κ2) is 6.25. The summed E-state index contributed by atoms with van der Waals surface area (Å²) in [6.45, 7) is 2.82. The molecule has 17 heavy (non-hydrogen) atoms. The van der Waals surface area contributed by atoms with Gasteiger partial charge in [0.05, 0.1) is 5.92 Å². The fraction of sp³-hybridized carbons (Fsp3) is 0.462. The molecule has 0 fully saturated rings. The minimum Gasteiger partial charge on any atom is -0.508 e. The van der Waals surface area contributed by atoms with Crippen molar-refractivity contribution >= 4 is 5.91 Å². The SMILES string of the molecule is CCC(CN)C(=O)N(C)Cc1cccc(O)c1. The molecule has 4 heteroatoms. The highest BCUT2D eigenvalue weighted by atomic mass is 16.3. The number of phenols is 1. The van der Waals surface area contributed by atoms with Crippen LogP contribution in [0.25, 0.3) is 0 Å². The molecule has 94 valence electrons. The zero-order valence-corrected chi connectivity index (χ0v) is 10.4. The van der Waals surface area contributed by atoms with Gasteiger partial charge in [-0.15, -0.1) is 0 Å². The first-order chi connectivity index (χ1) is 8.08. The van der Waals surface area contributed by atoms with Crippen LogP contribution < -0.4 is 5.73 Å². The van der Waals surface area contributed by atoms with Gasteiger partial charge >= 0.3 is 0 Å². The van der Waals surface area contributed by atoms with Crippen molar-refractivity contribution in [3.8, 4) is 5.75 Å². The molecule has 0 heterocycles. The Kier molecular flexibility index (Phi) is 4.97. The Labute approximate surface area is 102 Å². The van der Waals surface area contributed by atoms with Gasteiger partial charge in [-0.1, -0.05) is 19.1 Å². The van der Waals surface area contributed by atoms with E-state index in [1.807, 2.05) is 13.0 Å². The molecule has 0 aliphatic heterocycles. The van der Waals surface area contributed by atoms with E-state index in [1.54, 1.807) is 30.1 Å². The Morgan fingerprint density at radius 1 is 1.53 bits per heavy atom. The largest absolute Gasteiger partial charge is 0.508 e. The summed E-state index contributed by atoms with van der Waals surface area (Å²) in [6, 6.07) is 6.92. The van der Waals surface area contributed by atoms with E-state index in [-0.39, 0.29) is 17.6 Å². The Morgan fingerprint density at radius 3 is 2.76 bits per heavy atom. The third kappa shape index (κ3) is 3.75. The van der Waals surface area contributed by atoms with Crippen molar-refractivity contribution < 1.29 is 9.90 Å². The first-order valence-corrected chi connectivity index (χ1v) is 5.81. The number of aromatic hydroxyl groups is 1. The van der Waals surface area contributed by atoms with E-state index in [2.05, 4.69) is 0 Å². The topological polar surface area (TPSA) is 66.6 Å². The Hall–Kier alpha value is -1.55. The van der Waals surface area contributed by atoms with Crippen molar-refractivity contribution in [1.29, 1.82) is 0 Å². The third-order valence-corrected chi connectivity index (χ3v) is 2.83. The van der Waals surface area contributed by atoms with E-state index >= 15 is 0 Å². The third-order valence-electron chi connectivity index (χ3n) is 2.83. The Balaban J connectivity index is 2.65. The standard InChI is InChI=1S/C13H20N2O2/c1-3-11(8-14)13(17)15(2)9-10-5-4-6-12(16)7-10/h4-7,11,16H,3,8-9,14H2,1-2H3. The summed E-state index contributed by atoms with van der Waals surface area (Å²) >= 11 is 0. The molecule has 0 bridgehead atoms. The van der Waals surface area contributed by atoms with Crippen molar-refractivity contribution in [3.63, 3.8) is 0 Å². The summed E-state index contributed by atoms with van der Waals surface area (Å²) in [6.07, 6.45) is 0.750. The van der Waals surface area contributed by atoms with Crippen LogP contribution in [0.15, 0.2) is 24.3 Å². The van der Waals surface area contributed by atoms with Crippen molar-refractivity contribution in [1.82, 2.24) is 4.90 Å². The van der Waals surface area contributed by atoms with Crippen LogP contribution >= 0.6 is 0 Å². The van der Waals surface area contributed by atoms with Gasteiger partial charge in [0.2, 0.25) is 5.91 Å². The van der Waals surface area contributed by atoms with Gasteiger partial charge in [-0.2, -0.15) is 0 Å². The van der Waals surface area contributed by atoms with Crippen LogP contribution in [0.5, 0.6) is 5.75 Å². The van der Waals surface area contributed by atoms with E-state index < -0.39 is 0 Å². The molecule has 1 amide bonds. The molecule has 1 atom stereocenters. The van der Waals surface area contributed by atoms with E-state index in [0.717, 1.165) is 12.0 Å². The highest BCUT2D eigenvalue weighted by Crippen LogP contribution is 2.14. The van der Waals surface area contributed by atoms with Crippen LogP contribution in [0.3, 0.4) is 0 Å². The van der Waals surface area contributed by atoms with E-state index in [1.165, 1.54) is 0 Å². The zero-order valence-electron chi connectivity index (χ0n) is 10.4. The minimum absolute atomic E-state index is 0.0540. The maximum atomic E-state index is 12.0.